The van der Waals surface area contributed by atoms with E-state index in [-0.39, 0.29) is 17.5 Å². The summed E-state index contributed by atoms with van der Waals surface area (Å²) in [5.41, 5.74) is 0.176. The molecule has 1 atom stereocenters. The van der Waals surface area contributed by atoms with Crippen LogP contribution in [0.15, 0.2) is 0 Å². The molecule has 0 aromatic heterocycles. The molecule has 0 aromatic carbocycles. The second kappa shape index (κ2) is 7.85. The van der Waals surface area contributed by atoms with Crippen LogP contribution in [0.3, 0.4) is 0 Å². The van der Waals surface area contributed by atoms with Gasteiger partial charge in [0.15, 0.2) is 0 Å². The van der Waals surface area contributed by atoms with Crippen molar-refractivity contribution in [3.8, 4) is 0 Å². The molecule has 0 radical (unpaired) electrons. The second-order valence-corrected chi connectivity index (χ2v) is 6.12. The molecule has 1 aliphatic rings. The predicted molar refractivity (Wildman–Crippen MR) is 80.3 cm³/mol. The van der Waals surface area contributed by atoms with Gasteiger partial charge in [-0.05, 0) is 40.4 Å². The fraction of sp³-hybridized carbons (Fsp3) is 0.933. The summed E-state index contributed by atoms with van der Waals surface area (Å²) < 4.78 is 0. The van der Waals surface area contributed by atoms with Gasteiger partial charge in [0, 0.05) is 24.5 Å². The van der Waals surface area contributed by atoms with E-state index in [0.717, 1.165) is 13.1 Å². The Morgan fingerprint density at radius 1 is 1.26 bits per heavy atom. The molecule has 19 heavy (non-hydrogen) atoms. The molecule has 0 spiro atoms. The summed E-state index contributed by atoms with van der Waals surface area (Å²) in [6, 6.07) is 0.256. The van der Waals surface area contributed by atoms with E-state index in [1.54, 1.807) is 0 Å². The Balaban J connectivity index is 2.41. The zero-order chi connectivity index (χ0) is 14.3. The van der Waals surface area contributed by atoms with E-state index in [1.165, 1.54) is 32.1 Å². The summed E-state index contributed by atoms with van der Waals surface area (Å²) in [5, 5.41) is 6.42. The van der Waals surface area contributed by atoms with Crippen LogP contribution in [-0.4, -0.2) is 49.6 Å². The van der Waals surface area contributed by atoms with Crippen LogP contribution in [0.4, 0.5) is 0 Å². The van der Waals surface area contributed by atoms with Gasteiger partial charge in [0.1, 0.15) is 0 Å². The highest BCUT2D eigenvalue weighted by Crippen LogP contribution is 2.31. The Morgan fingerprint density at radius 3 is 2.42 bits per heavy atom. The lowest BCUT2D eigenvalue weighted by Crippen LogP contribution is -2.54. The lowest BCUT2D eigenvalue weighted by Gasteiger charge is -2.43. The van der Waals surface area contributed by atoms with Crippen molar-refractivity contribution in [2.45, 2.75) is 64.0 Å². The molecular formula is C15H31N3O. The Bertz CT molecular complexity index is 273. The molecule has 0 saturated heterocycles. The highest BCUT2D eigenvalue weighted by atomic mass is 16.1. The van der Waals surface area contributed by atoms with Gasteiger partial charge in [-0.2, -0.15) is 0 Å². The molecule has 2 N–H and O–H groups in total. The average Bonchev–Trinajstić information content (AvgIpc) is 2.37. The minimum absolute atomic E-state index is 0.167. The third kappa shape index (κ3) is 5.11. The SMILES string of the molecule is CCNC(C)CC(=O)NCC1(N(C)C)CCCCC1. The summed E-state index contributed by atoms with van der Waals surface area (Å²) in [7, 11) is 4.28. The number of amides is 1. The Hall–Kier alpha value is -0.610. The lowest BCUT2D eigenvalue weighted by molar-refractivity contribution is -0.122. The molecule has 1 amide bonds. The number of hydrogen-bond acceptors (Lipinski definition) is 3. The van der Waals surface area contributed by atoms with E-state index in [2.05, 4.69) is 43.5 Å². The van der Waals surface area contributed by atoms with Crippen molar-refractivity contribution in [2.75, 3.05) is 27.2 Å². The van der Waals surface area contributed by atoms with Gasteiger partial charge in [0.2, 0.25) is 5.91 Å². The van der Waals surface area contributed by atoms with E-state index in [0.29, 0.717) is 6.42 Å². The maximum Gasteiger partial charge on any atom is 0.221 e. The Morgan fingerprint density at radius 2 is 1.89 bits per heavy atom. The standard InChI is InChI=1S/C15H31N3O/c1-5-16-13(2)11-14(19)17-12-15(18(3)4)9-7-6-8-10-15/h13,16H,5-12H2,1-4H3,(H,17,19). The molecule has 112 valence electrons. The van der Waals surface area contributed by atoms with Crippen LogP contribution < -0.4 is 10.6 Å². The second-order valence-electron chi connectivity index (χ2n) is 6.12. The monoisotopic (exact) mass is 269 g/mol. The molecule has 0 aromatic rings. The highest BCUT2D eigenvalue weighted by molar-refractivity contribution is 5.76. The van der Waals surface area contributed by atoms with Gasteiger partial charge in [-0.3, -0.25) is 4.79 Å². The van der Waals surface area contributed by atoms with Gasteiger partial charge in [-0.25, -0.2) is 0 Å². The Kier molecular flexibility index (Phi) is 6.80. The molecule has 4 nitrogen and oxygen atoms in total. The molecule has 0 bridgehead atoms. The summed E-state index contributed by atoms with van der Waals surface area (Å²) in [6.07, 6.45) is 6.86. The van der Waals surface area contributed by atoms with Crippen molar-refractivity contribution >= 4 is 5.91 Å². The molecule has 1 fully saturated rings. The topological polar surface area (TPSA) is 44.4 Å². The van der Waals surface area contributed by atoms with E-state index < -0.39 is 0 Å². The van der Waals surface area contributed by atoms with Crippen molar-refractivity contribution in [3.05, 3.63) is 0 Å². The van der Waals surface area contributed by atoms with E-state index in [1.807, 2.05) is 0 Å². The van der Waals surface area contributed by atoms with Gasteiger partial charge in [-0.15, -0.1) is 0 Å². The first-order chi connectivity index (χ1) is 9.00. The number of carbonyl (C=O) groups is 1. The third-order valence-corrected chi connectivity index (χ3v) is 4.39. The van der Waals surface area contributed by atoms with Crippen molar-refractivity contribution in [3.63, 3.8) is 0 Å². The zero-order valence-electron chi connectivity index (χ0n) is 13.1. The van der Waals surface area contributed by atoms with Crippen LogP contribution in [-0.2, 0) is 4.79 Å². The fourth-order valence-electron chi connectivity index (χ4n) is 3.03. The largest absolute Gasteiger partial charge is 0.354 e. The van der Waals surface area contributed by atoms with Crippen LogP contribution in [0.1, 0.15) is 52.4 Å². The molecule has 1 aliphatic carbocycles. The fourth-order valence-corrected chi connectivity index (χ4v) is 3.03. The number of nitrogens with zero attached hydrogens (tertiary/aromatic N) is 1. The summed E-state index contributed by atoms with van der Waals surface area (Å²) in [6.45, 7) is 5.83. The lowest BCUT2D eigenvalue weighted by atomic mass is 9.80. The van der Waals surface area contributed by atoms with E-state index >= 15 is 0 Å². The van der Waals surface area contributed by atoms with Gasteiger partial charge >= 0.3 is 0 Å². The number of rotatable bonds is 7. The van der Waals surface area contributed by atoms with Crippen LogP contribution in [0.5, 0.6) is 0 Å². The average molecular weight is 269 g/mol. The first-order valence-corrected chi connectivity index (χ1v) is 7.67. The number of likely N-dealkylation sites (N-methyl/N-ethyl adjacent to an activating group) is 1. The summed E-state index contributed by atoms with van der Waals surface area (Å²) in [5.74, 6) is 0.167. The first-order valence-electron chi connectivity index (χ1n) is 7.67. The van der Waals surface area contributed by atoms with Gasteiger partial charge in [0.25, 0.3) is 0 Å². The quantitative estimate of drug-likeness (QED) is 0.740. The molecule has 0 aliphatic heterocycles. The molecule has 1 saturated carbocycles. The van der Waals surface area contributed by atoms with E-state index in [9.17, 15) is 4.79 Å². The Labute approximate surface area is 118 Å². The normalized spacial score (nSPS) is 20.3. The van der Waals surface area contributed by atoms with Crippen molar-refractivity contribution in [1.82, 2.24) is 15.5 Å². The van der Waals surface area contributed by atoms with Crippen LogP contribution in [0.25, 0.3) is 0 Å². The molecule has 1 unspecified atom stereocenters. The predicted octanol–water partition coefficient (Wildman–Crippen LogP) is 1.76. The smallest absolute Gasteiger partial charge is 0.221 e. The zero-order valence-corrected chi connectivity index (χ0v) is 13.1. The summed E-state index contributed by atoms with van der Waals surface area (Å²) in [4.78, 5) is 14.3. The molecular weight excluding hydrogens is 238 g/mol. The van der Waals surface area contributed by atoms with Crippen LogP contribution >= 0.6 is 0 Å². The first kappa shape index (κ1) is 16.4. The van der Waals surface area contributed by atoms with Gasteiger partial charge in [0.05, 0.1) is 0 Å². The number of nitrogens with one attached hydrogen (secondary N) is 2. The van der Waals surface area contributed by atoms with Crippen LogP contribution in [0.2, 0.25) is 0 Å². The van der Waals surface area contributed by atoms with Crippen molar-refractivity contribution < 1.29 is 4.79 Å². The van der Waals surface area contributed by atoms with Crippen LogP contribution in [0, 0.1) is 0 Å². The number of hydrogen-bond donors (Lipinski definition) is 2. The minimum atomic E-state index is 0.167. The third-order valence-electron chi connectivity index (χ3n) is 4.39. The summed E-state index contributed by atoms with van der Waals surface area (Å²) >= 11 is 0. The van der Waals surface area contributed by atoms with Gasteiger partial charge in [-0.1, -0.05) is 26.2 Å². The maximum absolute atomic E-state index is 12.0. The molecule has 1 rings (SSSR count). The molecule has 0 heterocycles. The molecule has 4 heteroatoms. The van der Waals surface area contributed by atoms with E-state index in [4.69, 9.17) is 0 Å². The highest BCUT2D eigenvalue weighted by Gasteiger charge is 2.34. The van der Waals surface area contributed by atoms with Crippen molar-refractivity contribution in [1.29, 1.82) is 0 Å². The van der Waals surface area contributed by atoms with Gasteiger partial charge < -0.3 is 15.5 Å². The minimum Gasteiger partial charge on any atom is -0.354 e. The maximum atomic E-state index is 12.0. The van der Waals surface area contributed by atoms with Crippen molar-refractivity contribution in [2.24, 2.45) is 0 Å². The number of carbonyl (C=O) groups excluding carboxylic acids is 1.